The summed E-state index contributed by atoms with van der Waals surface area (Å²) in [4.78, 5) is 24.2. The van der Waals surface area contributed by atoms with E-state index in [9.17, 15) is 18.0 Å². The van der Waals surface area contributed by atoms with Gasteiger partial charge in [0.25, 0.3) is 0 Å². The molecule has 0 aliphatic carbocycles. The molecule has 8 heteroatoms. The summed E-state index contributed by atoms with van der Waals surface area (Å²) < 4.78 is 32.7. The molecule has 1 aliphatic heterocycles. The zero-order chi connectivity index (χ0) is 21.9. The molecule has 0 spiro atoms. The van der Waals surface area contributed by atoms with Gasteiger partial charge in [0.2, 0.25) is 15.9 Å². The summed E-state index contributed by atoms with van der Waals surface area (Å²) in [5.74, 6) is -0.780. The molecule has 1 N–H and O–H groups in total. The number of benzene rings is 1. The Morgan fingerprint density at radius 1 is 1.14 bits per heavy atom. The molecule has 1 saturated heterocycles. The lowest BCUT2D eigenvalue weighted by Crippen LogP contribution is -2.45. The Balaban J connectivity index is 2.07. The van der Waals surface area contributed by atoms with Crippen LogP contribution in [0.3, 0.4) is 0 Å². The van der Waals surface area contributed by atoms with Crippen LogP contribution in [0.15, 0.2) is 11.0 Å². The van der Waals surface area contributed by atoms with E-state index in [1.165, 1.54) is 11.4 Å². The van der Waals surface area contributed by atoms with Gasteiger partial charge < -0.3 is 10.1 Å². The van der Waals surface area contributed by atoms with E-state index in [1.807, 2.05) is 33.8 Å². The summed E-state index contributed by atoms with van der Waals surface area (Å²) >= 11 is 0. The van der Waals surface area contributed by atoms with Gasteiger partial charge in [-0.1, -0.05) is 6.07 Å². The number of amides is 1. The molecular weight excluding hydrogens is 392 g/mol. The van der Waals surface area contributed by atoms with Gasteiger partial charge in [-0.3, -0.25) is 9.59 Å². The van der Waals surface area contributed by atoms with E-state index < -0.39 is 10.0 Å². The summed E-state index contributed by atoms with van der Waals surface area (Å²) in [5.41, 5.74) is 3.48. The van der Waals surface area contributed by atoms with Crippen LogP contribution >= 0.6 is 0 Å². The third-order valence-corrected chi connectivity index (χ3v) is 7.98. The molecule has 1 aromatic rings. The molecule has 1 atom stereocenters. The summed E-state index contributed by atoms with van der Waals surface area (Å²) in [6.45, 7) is 9.89. The minimum Gasteiger partial charge on any atom is -0.469 e. The molecule has 1 heterocycles. The van der Waals surface area contributed by atoms with Crippen molar-refractivity contribution in [3.63, 3.8) is 0 Å². The molecule has 7 nitrogen and oxygen atoms in total. The fourth-order valence-electron chi connectivity index (χ4n) is 3.80. The van der Waals surface area contributed by atoms with Crippen molar-refractivity contribution in [2.75, 3.05) is 20.2 Å². The van der Waals surface area contributed by atoms with Gasteiger partial charge in [0.1, 0.15) is 0 Å². The maximum Gasteiger partial charge on any atom is 0.307 e. The second kappa shape index (κ2) is 9.26. The first-order chi connectivity index (χ1) is 13.5. The third-order valence-electron chi connectivity index (χ3n) is 5.81. The van der Waals surface area contributed by atoms with Gasteiger partial charge in [-0.25, -0.2) is 8.42 Å². The zero-order valence-electron chi connectivity index (χ0n) is 18.2. The molecule has 1 fully saturated rings. The Labute approximate surface area is 173 Å². The number of carbonyl (C=O) groups is 2. The van der Waals surface area contributed by atoms with Gasteiger partial charge in [-0.15, -0.1) is 0 Å². The predicted molar refractivity (Wildman–Crippen MR) is 111 cm³/mol. The van der Waals surface area contributed by atoms with Crippen LogP contribution < -0.4 is 5.32 Å². The molecule has 0 saturated carbocycles. The first-order valence-electron chi connectivity index (χ1n) is 9.93. The number of ether oxygens (including phenoxy) is 1. The number of piperidine rings is 1. The predicted octanol–water partition coefficient (Wildman–Crippen LogP) is 2.39. The highest BCUT2D eigenvalue weighted by molar-refractivity contribution is 7.89. The lowest BCUT2D eigenvalue weighted by molar-refractivity contribution is -0.141. The molecule has 1 aromatic carbocycles. The first kappa shape index (κ1) is 23.3. The maximum atomic E-state index is 13.3. The van der Waals surface area contributed by atoms with Crippen molar-refractivity contribution in [1.29, 1.82) is 0 Å². The number of nitrogens with zero attached hydrogens (tertiary/aromatic N) is 1. The monoisotopic (exact) mass is 424 g/mol. The first-order valence-corrected chi connectivity index (χ1v) is 11.4. The van der Waals surface area contributed by atoms with Crippen molar-refractivity contribution in [3.8, 4) is 0 Å². The van der Waals surface area contributed by atoms with Crippen molar-refractivity contribution < 1.29 is 22.7 Å². The largest absolute Gasteiger partial charge is 0.469 e. The van der Waals surface area contributed by atoms with E-state index in [0.29, 0.717) is 30.8 Å². The Morgan fingerprint density at radius 2 is 1.66 bits per heavy atom. The lowest BCUT2D eigenvalue weighted by atomic mass is 9.97. The summed E-state index contributed by atoms with van der Waals surface area (Å²) in [7, 11) is -2.31. The number of methoxy groups -OCH3 is 1. The maximum absolute atomic E-state index is 13.3. The second-order valence-corrected chi connectivity index (χ2v) is 9.83. The number of nitrogens with one attached hydrogen (secondary N) is 1. The Morgan fingerprint density at radius 3 is 2.14 bits per heavy atom. The van der Waals surface area contributed by atoms with Crippen LogP contribution in [0.5, 0.6) is 0 Å². The van der Waals surface area contributed by atoms with Gasteiger partial charge in [0.15, 0.2) is 0 Å². The van der Waals surface area contributed by atoms with E-state index in [2.05, 4.69) is 10.1 Å². The normalized spacial score (nSPS) is 17.0. The van der Waals surface area contributed by atoms with Crippen molar-refractivity contribution in [1.82, 2.24) is 9.62 Å². The number of hydrogen-bond acceptors (Lipinski definition) is 5. The second-order valence-electron chi connectivity index (χ2n) is 7.96. The molecule has 2 rings (SSSR count). The highest BCUT2D eigenvalue weighted by Gasteiger charge is 2.34. The molecule has 1 aliphatic rings. The SMILES string of the molecule is COC(=O)C[C@H](C)NC(=O)C1CCN(S(=O)(=O)c2c(C)c(C)cc(C)c2C)CC1. The fraction of sp³-hybridized carbons (Fsp3) is 0.619. The number of esters is 1. The van der Waals surface area contributed by atoms with E-state index in [4.69, 9.17) is 0 Å². The van der Waals surface area contributed by atoms with Gasteiger partial charge in [0, 0.05) is 25.0 Å². The van der Waals surface area contributed by atoms with E-state index in [0.717, 1.165) is 22.3 Å². The molecule has 29 heavy (non-hydrogen) atoms. The van der Waals surface area contributed by atoms with Crippen LogP contribution in [0, 0.1) is 33.6 Å². The summed E-state index contributed by atoms with van der Waals surface area (Å²) in [5, 5.41) is 2.83. The highest BCUT2D eigenvalue weighted by atomic mass is 32.2. The Kier molecular flexibility index (Phi) is 7.45. The van der Waals surface area contributed by atoms with Gasteiger partial charge in [-0.05, 0) is 69.7 Å². The van der Waals surface area contributed by atoms with Crippen LogP contribution in [0.2, 0.25) is 0 Å². The van der Waals surface area contributed by atoms with Crippen LogP contribution in [0.1, 0.15) is 48.4 Å². The molecule has 1 amide bonds. The van der Waals surface area contributed by atoms with Crippen molar-refractivity contribution in [2.24, 2.45) is 5.92 Å². The van der Waals surface area contributed by atoms with Crippen LogP contribution in [0.4, 0.5) is 0 Å². The van der Waals surface area contributed by atoms with Crippen LogP contribution in [-0.4, -0.2) is 50.8 Å². The van der Waals surface area contributed by atoms with Crippen molar-refractivity contribution >= 4 is 21.9 Å². The average Bonchev–Trinajstić information content (AvgIpc) is 2.66. The molecular formula is C21H32N2O5S. The number of carbonyl (C=O) groups excluding carboxylic acids is 2. The quantitative estimate of drug-likeness (QED) is 0.708. The smallest absolute Gasteiger partial charge is 0.307 e. The van der Waals surface area contributed by atoms with Crippen molar-refractivity contribution in [3.05, 3.63) is 28.3 Å². The zero-order valence-corrected chi connectivity index (χ0v) is 19.0. The van der Waals surface area contributed by atoms with E-state index in [-0.39, 0.29) is 30.3 Å². The topological polar surface area (TPSA) is 92.8 Å². The molecule has 0 aromatic heterocycles. The average molecular weight is 425 g/mol. The van der Waals surface area contributed by atoms with Crippen LogP contribution in [-0.2, 0) is 24.3 Å². The van der Waals surface area contributed by atoms with Crippen LogP contribution in [0.25, 0.3) is 0 Å². The molecule has 0 bridgehead atoms. The Hall–Kier alpha value is -1.93. The van der Waals surface area contributed by atoms with E-state index in [1.54, 1.807) is 6.92 Å². The summed E-state index contributed by atoms with van der Waals surface area (Å²) in [6.07, 6.45) is 1.03. The Bertz CT molecular complexity index is 861. The number of aryl methyl sites for hydroxylation is 2. The molecule has 162 valence electrons. The molecule has 0 radical (unpaired) electrons. The van der Waals surface area contributed by atoms with Gasteiger partial charge in [0.05, 0.1) is 18.4 Å². The lowest BCUT2D eigenvalue weighted by Gasteiger charge is -2.32. The fourth-order valence-corrected chi connectivity index (χ4v) is 5.85. The highest BCUT2D eigenvalue weighted by Crippen LogP contribution is 2.31. The number of sulfonamides is 1. The van der Waals surface area contributed by atoms with Gasteiger partial charge >= 0.3 is 5.97 Å². The molecule has 0 unspecified atom stereocenters. The third kappa shape index (κ3) is 5.17. The summed E-state index contributed by atoms with van der Waals surface area (Å²) in [6, 6.07) is 1.69. The van der Waals surface area contributed by atoms with Crippen molar-refractivity contribution in [2.45, 2.75) is 64.8 Å². The minimum atomic E-state index is -3.62. The number of hydrogen-bond donors (Lipinski definition) is 1. The van der Waals surface area contributed by atoms with E-state index >= 15 is 0 Å². The van der Waals surface area contributed by atoms with Gasteiger partial charge in [-0.2, -0.15) is 4.31 Å². The standard InChI is InChI=1S/C21H32N2O5S/c1-13-11-14(2)17(5)20(16(13)4)29(26,27)23-9-7-18(8-10-23)21(25)22-15(3)12-19(24)28-6/h11,15,18H,7-10,12H2,1-6H3,(H,22,25)/t15-/m0/s1. The minimum absolute atomic E-state index is 0.112. The number of rotatable bonds is 6.